The zero-order valence-corrected chi connectivity index (χ0v) is 11.6. The third-order valence-corrected chi connectivity index (χ3v) is 3.07. The molecule has 1 aromatic carbocycles. The maximum Gasteiger partial charge on any atom is 0.143 e. The maximum absolute atomic E-state index is 9.23. The van der Waals surface area contributed by atoms with Gasteiger partial charge < -0.3 is 5.32 Å². The van der Waals surface area contributed by atoms with E-state index in [-0.39, 0.29) is 6.04 Å². The Morgan fingerprint density at radius 3 is 3.00 bits per heavy atom. The zero-order valence-electron chi connectivity index (χ0n) is 9.97. The molecule has 0 aliphatic heterocycles. The van der Waals surface area contributed by atoms with Gasteiger partial charge in [0.25, 0.3) is 0 Å². The lowest BCUT2D eigenvalue weighted by Crippen LogP contribution is -2.07. The van der Waals surface area contributed by atoms with Crippen LogP contribution in [0.5, 0.6) is 0 Å². The Morgan fingerprint density at radius 1 is 1.56 bits per heavy atom. The van der Waals surface area contributed by atoms with Gasteiger partial charge >= 0.3 is 0 Å². The lowest BCUT2D eigenvalue weighted by atomic mass is 10.1. The van der Waals surface area contributed by atoms with Crippen LogP contribution in [0.2, 0.25) is 0 Å². The quantitative estimate of drug-likeness (QED) is 0.942. The molecule has 1 heterocycles. The van der Waals surface area contributed by atoms with Crippen molar-refractivity contribution in [1.82, 2.24) is 9.78 Å². The topological polar surface area (TPSA) is 53.6 Å². The Labute approximate surface area is 114 Å². The van der Waals surface area contributed by atoms with Crippen LogP contribution in [0, 0.1) is 11.3 Å². The van der Waals surface area contributed by atoms with Crippen molar-refractivity contribution >= 4 is 21.6 Å². The lowest BCUT2D eigenvalue weighted by Gasteiger charge is -2.11. The van der Waals surface area contributed by atoms with Crippen molar-refractivity contribution in [2.45, 2.75) is 19.5 Å². The van der Waals surface area contributed by atoms with E-state index in [0.29, 0.717) is 0 Å². The van der Waals surface area contributed by atoms with Gasteiger partial charge in [0.15, 0.2) is 0 Å². The summed E-state index contributed by atoms with van der Waals surface area (Å²) in [7, 11) is 0. The molecule has 0 aliphatic carbocycles. The minimum Gasteiger partial charge on any atom is -0.366 e. The molecule has 0 amide bonds. The Morgan fingerprint density at radius 2 is 2.39 bits per heavy atom. The maximum atomic E-state index is 9.23. The Bertz CT molecular complexity index is 570. The average Bonchev–Trinajstić information content (AvgIpc) is 2.84. The summed E-state index contributed by atoms with van der Waals surface area (Å²) in [5.41, 5.74) is 1.78. The number of nitrogens with one attached hydrogen (secondary N) is 1. The molecule has 1 N–H and O–H groups in total. The molecular weight excluding hydrogens is 292 g/mol. The van der Waals surface area contributed by atoms with Gasteiger partial charge in [0, 0.05) is 28.5 Å². The van der Waals surface area contributed by atoms with Crippen molar-refractivity contribution in [3.8, 4) is 6.07 Å². The second-order valence-electron chi connectivity index (χ2n) is 3.85. The highest BCUT2D eigenvalue weighted by Gasteiger charge is 2.12. The van der Waals surface area contributed by atoms with Gasteiger partial charge in [-0.15, -0.1) is 0 Å². The molecule has 18 heavy (non-hydrogen) atoms. The minimum atomic E-state index is -0.389. The Kier molecular flexibility index (Phi) is 4.00. The van der Waals surface area contributed by atoms with Crippen LogP contribution in [-0.4, -0.2) is 9.78 Å². The summed E-state index contributed by atoms with van der Waals surface area (Å²) in [5, 5.41) is 16.6. The van der Waals surface area contributed by atoms with Gasteiger partial charge in [0.05, 0.1) is 12.3 Å². The van der Waals surface area contributed by atoms with E-state index in [1.54, 1.807) is 6.20 Å². The number of nitrogens with zero attached hydrogens (tertiary/aromatic N) is 3. The summed E-state index contributed by atoms with van der Waals surface area (Å²) in [5.74, 6) is 0. The van der Waals surface area contributed by atoms with E-state index in [0.717, 1.165) is 22.3 Å². The highest BCUT2D eigenvalue weighted by atomic mass is 79.9. The first-order valence-electron chi connectivity index (χ1n) is 5.67. The van der Waals surface area contributed by atoms with Crippen molar-refractivity contribution in [3.63, 3.8) is 0 Å². The second-order valence-corrected chi connectivity index (χ2v) is 4.76. The molecule has 4 nitrogen and oxygen atoms in total. The SMILES string of the molecule is CCn1cc(C(C#N)Nc2cccc(Br)c2)cn1. The molecule has 2 rings (SSSR count). The van der Waals surface area contributed by atoms with Crippen molar-refractivity contribution in [3.05, 3.63) is 46.7 Å². The van der Waals surface area contributed by atoms with E-state index in [1.165, 1.54) is 0 Å². The summed E-state index contributed by atoms with van der Waals surface area (Å²) in [6, 6.07) is 9.60. The molecule has 0 bridgehead atoms. The number of aryl methyl sites for hydroxylation is 1. The monoisotopic (exact) mass is 304 g/mol. The van der Waals surface area contributed by atoms with E-state index < -0.39 is 0 Å². The number of hydrogen-bond acceptors (Lipinski definition) is 3. The van der Waals surface area contributed by atoms with Crippen LogP contribution in [0.1, 0.15) is 18.5 Å². The minimum absolute atomic E-state index is 0.389. The Hall–Kier alpha value is -1.80. The van der Waals surface area contributed by atoms with Crippen molar-refractivity contribution in [2.24, 2.45) is 0 Å². The van der Waals surface area contributed by atoms with Gasteiger partial charge in [0.2, 0.25) is 0 Å². The number of anilines is 1. The lowest BCUT2D eigenvalue weighted by molar-refractivity contribution is 0.659. The van der Waals surface area contributed by atoms with Crippen LogP contribution in [0.4, 0.5) is 5.69 Å². The second kappa shape index (κ2) is 5.69. The summed E-state index contributed by atoms with van der Waals surface area (Å²) in [6.45, 7) is 2.81. The molecule has 0 saturated heterocycles. The van der Waals surface area contributed by atoms with Crippen LogP contribution in [-0.2, 0) is 6.54 Å². The Balaban J connectivity index is 2.17. The number of aromatic nitrogens is 2. The van der Waals surface area contributed by atoms with Crippen LogP contribution < -0.4 is 5.32 Å². The molecule has 1 unspecified atom stereocenters. The molecule has 2 aromatic rings. The van der Waals surface area contributed by atoms with E-state index in [1.807, 2.05) is 42.1 Å². The fourth-order valence-electron chi connectivity index (χ4n) is 1.64. The third kappa shape index (κ3) is 2.90. The normalized spacial score (nSPS) is 11.8. The number of halogens is 1. The third-order valence-electron chi connectivity index (χ3n) is 2.58. The first-order chi connectivity index (χ1) is 8.72. The smallest absolute Gasteiger partial charge is 0.143 e. The van der Waals surface area contributed by atoms with Gasteiger partial charge in [-0.3, -0.25) is 4.68 Å². The van der Waals surface area contributed by atoms with Crippen LogP contribution in [0.25, 0.3) is 0 Å². The van der Waals surface area contributed by atoms with Crippen LogP contribution >= 0.6 is 15.9 Å². The first kappa shape index (κ1) is 12.7. The molecule has 0 spiro atoms. The molecule has 0 radical (unpaired) electrons. The largest absolute Gasteiger partial charge is 0.366 e. The van der Waals surface area contributed by atoms with Gasteiger partial charge in [-0.25, -0.2) is 0 Å². The molecule has 5 heteroatoms. The van der Waals surface area contributed by atoms with Crippen LogP contribution in [0.3, 0.4) is 0 Å². The molecule has 1 atom stereocenters. The van der Waals surface area contributed by atoms with Crippen LogP contribution in [0.15, 0.2) is 41.1 Å². The molecular formula is C13H13BrN4. The number of rotatable bonds is 4. The van der Waals surface area contributed by atoms with E-state index in [4.69, 9.17) is 0 Å². The van der Waals surface area contributed by atoms with Gasteiger partial charge in [0.1, 0.15) is 6.04 Å². The van der Waals surface area contributed by atoms with Gasteiger partial charge in [-0.2, -0.15) is 10.4 Å². The van der Waals surface area contributed by atoms with E-state index >= 15 is 0 Å². The predicted molar refractivity (Wildman–Crippen MR) is 74.0 cm³/mol. The summed E-state index contributed by atoms with van der Waals surface area (Å²) >= 11 is 3.41. The van der Waals surface area contributed by atoms with E-state index in [9.17, 15) is 5.26 Å². The first-order valence-corrected chi connectivity index (χ1v) is 6.46. The summed E-state index contributed by atoms with van der Waals surface area (Å²) < 4.78 is 2.79. The molecule has 0 aliphatic rings. The molecule has 92 valence electrons. The van der Waals surface area contributed by atoms with Gasteiger partial charge in [-0.05, 0) is 25.1 Å². The standard InChI is InChI=1S/C13H13BrN4/c1-2-18-9-10(8-16-18)13(7-15)17-12-5-3-4-11(14)6-12/h3-6,8-9,13,17H,2H2,1H3. The fraction of sp³-hybridized carbons (Fsp3) is 0.231. The van der Waals surface area contributed by atoms with E-state index in [2.05, 4.69) is 32.4 Å². The number of nitriles is 1. The van der Waals surface area contributed by atoms with Crippen molar-refractivity contribution in [1.29, 1.82) is 5.26 Å². The van der Waals surface area contributed by atoms with Crippen molar-refractivity contribution < 1.29 is 0 Å². The highest BCUT2D eigenvalue weighted by molar-refractivity contribution is 9.10. The predicted octanol–water partition coefficient (Wildman–Crippen LogP) is 3.34. The fourth-order valence-corrected chi connectivity index (χ4v) is 2.04. The molecule has 0 fully saturated rings. The molecule has 0 saturated carbocycles. The summed E-state index contributed by atoms with van der Waals surface area (Å²) in [4.78, 5) is 0. The number of hydrogen-bond donors (Lipinski definition) is 1. The average molecular weight is 305 g/mol. The van der Waals surface area contributed by atoms with Gasteiger partial charge in [-0.1, -0.05) is 22.0 Å². The van der Waals surface area contributed by atoms with Crippen molar-refractivity contribution in [2.75, 3.05) is 5.32 Å². The number of benzene rings is 1. The summed E-state index contributed by atoms with van der Waals surface area (Å²) in [6.07, 6.45) is 3.61. The zero-order chi connectivity index (χ0) is 13.0. The molecule has 1 aromatic heterocycles. The highest BCUT2D eigenvalue weighted by Crippen LogP contribution is 2.21.